The molecule has 0 aromatic rings. The van der Waals surface area contributed by atoms with Gasteiger partial charge in [0.1, 0.15) is 0 Å². The van der Waals surface area contributed by atoms with Crippen molar-refractivity contribution in [1.82, 2.24) is 4.90 Å². The summed E-state index contributed by atoms with van der Waals surface area (Å²) in [5.74, 6) is 2.59. The van der Waals surface area contributed by atoms with E-state index in [0.717, 1.165) is 12.8 Å². The average Bonchev–Trinajstić information content (AvgIpc) is 2.33. The number of hydrogen-bond donors (Lipinski definition) is 0. The smallest absolute Gasteiger partial charge is 0.251 e. The van der Waals surface area contributed by atoms with Crippen LogP contribution in [0, 0.1) is 12.3 Å². The lowest BCUT2D eigenvalue weighted by molar-refractivity contribution is 0.0701. The Hall–Kier alpha value is -0.620. The highest BCUT2D eigenvalue weighted by molar-refractivity contribution is 5.13. The molecule has 1 saturated heterocycles. The molecule has 0 aromatic heterocycles. The summed E-state index contributed by atoms with van der Waals surface area (Å²) in [6.45, 7) is 2.36. The summed E-state index contributed by atoms with van der Waals surface area (Å²) in [5.41, 5.74) is -0.434. The topological polar surface area (TPSA) is 3.24 Å². The summed E-state index contributed by atoms with van der Waals surface area (Å²) >= 11 is 0. The Morgan fingerprint density at radius 2 is 2.33 bits per heavy atom. The monoisotopic (exact) mass is 173 g/mol. The van der Waals surface area contributed by atoms with Crippen LogP contribution in [-0.2, 0) is 0 Å². The number of alkyl halides is 2. The summed E-state index contributed by atoms with van der Waals surface area (Å²) in [6.07, 6.45) is 4.77. The molecule has 1 aliphatic heterocycles. The first kappa shape index (κ1) is 9.47. The maximum absolute atomic E-state index is 12.1. The van der Waals surface area contributed by atoms with Gasteiger partial charge in [0.2, 0.25) is 0 Å². The molecule has 0 saturated carbocycles. The molecule has 1 rings (SSSR count). The third-order valence-electron chi connectivity index (χ3n) is 2.46. The fraction of sp³-hybridized carbons (Fsp3) is 0.778. The molecule has 68 valence electrons. The molecule has 0 bridgehead atoms. The lowest BCUT2D eigenvalue weighted by Gasteiger charge is -2.29. The molecule has 0 amide bonds. The predicted octanol–water partition coefficient (Wildman–Crippen LogP) is 1.74. The second-order valence-electron chi connectivity index (χ2n) is 3.36. The highest BCUT2D eigenvalue weighted by atomic mass is 19.3. The lowest BCUT2D eigenvalue weighted by Crippen LogP contribution is -2.42. The SMILES string of the molecule is C#CC1(C)CCCN1CC(F)F. The molecule has 0 aromatic carbocycles. The number of halogens is 2. The first-order valence-electron chi connectivity index (χ1n) is 4.09. The van der Waals surface area contributed by atoms with E-state index in [1.54, 1.807) is 4.90 Å². The molecule has 1 nitrogen and oxygen atoms in total. The van der Waals surface area contributed by atoms with Gasteiger partial charge in [-0.15, -0.1) is 6.42 Å². The van der Waals surface area contributed by atoms with Gasteiger partial charge in [0.15, 0.2) is 0 Å². The second kappa shape index (κ2) is 3.40. The van der Waals surface area contributed by atoms with Gasteiger partial charge in [-0.1, -0.05) is 5.92 Å². The molecule has 0 aliphatic carbocycles. The van der Waals surface area contributed by atoms with Crippen molar-refractivity contribution in [3.05, 3.63) is 0 Å². The Morgan fingerprint density at radius 3 is 2.83 bits per heavy atom. The molecular formula is C9H13F2N. The quantitative estimate of drug-likeness (QED) is 0.575. The van der Waals surface area contributed by atoms with Gasteiger partial charge in [-0.2, -0.15) is 0 Å². The van der Waals surface area contributed by atoms with Crippen molar-refractivity contribution in [1.29, 1.82) is 0 Å². The van der Waals surface area contributed by atoms with Crippen LogP contribution in [-0.4, -0.2) is 30.0 Å². The molecule has 1 heterocycles. The van der Waals surface area contributed by atoms with Crippen LogP contribution in [0.25, 0.3) is 0 Å². The maximum atomic E-state index is 12.1. The van der Waals surface area contributed by atoms with Crippen LogP contribution in [0.4, 0.5) is 8.78 Å². The van der Waals surface area contributed by atoms with Gasteiger partial charge < -0.3 is 0 Å². The van der Waals surface area contributed by atoms with Crippen LogP contribution in [0.2, 0.25) is 0 Å². The van der Waals surface area contributed by atoms with E-state index in [4.69, 9.17) is 6.42 Å². The van der Waals surface area contributed by atoms with Crippen LogP contribution < -0.4 is 0 Å². The molecule has 1 aliphatic rings. The predicted molar refractivity (Wildman–Crippen MR) is 44.0 cm³/mol. The summed E-state index contributed by atoms with van der Waals surface area (Å²) in [6, 6.07) is 0. The number of hydrogen-bond acceptors (Lipinski definition) is 1. The Kier molecular flexibility index (Phi) is 2.69. The van der Waals surface area contributed by atoms with Gasteiger partial charge in [-0.05, 0) is 26.3 Å². The van der Waals surface area contributed by atoms with Crippen molar-refractivity contribution in [2.45, 2.75) is 31.7 Å². The minimum absolute atomic E-state index is 0.194. The van der Waals surface area contributed by atoms with E-state index in [2.05, 4.69) is 5.92 Å². The lowest BCUT2D eigenvalue weighted by atomic mass is 10.0. The van der Waals surface area contributed by atoms with Crippen molar-refractivity contribution in [3.8, 4) is 12.3 Å². The molecule has 1 unspecified atom stereocenters. The summed E-state index contributed by atoms with van der Waals surface area (Å²) < 4.78 is 24.1. The summed E-state index contributed by atoms with van der Waals surface area (Å²) in [4.78, 5) is 1.69. The van der Waals surface area contributed by atoms with Crippen LogP contribution in [0.5, 0.6) is 0 Å². The Morgan fingerprint density at radius 1 is 1.67 bits per heavy atom. The number of likely N-dealkylation sites (tertiary alicyclic amines) is 1. The van der Waals surface area contributed by atoms with E-state index in [0.29, 0.717) is 6.54 Å². The molecule has 12 heavy (non-hydrogen) atoms. The third kappa shape index (κ3) is 1.75. The van der Waals surface area contributed by atoms with E-state index in [1.807, 2.05) is 6.92 Å². The van der Waals surface area contributed by atoms with Gasteiger partial charge in [0.05, 0.1) is 12.1 Å². The zero-order chi connectivity index (χ0) is 9.19. The highest BCUT2D eigenvalue weighted by Gasteiger charge is 2.35. The Labute approximate surface area is 71.7 Å². The second-order valence-corrected chi connectivity index (χ2v) is 3.36. The van der Waals surface area contributed by atoms with E-state index >= 15 is 0 Å². The van der Waals surface area contributed by atoms with E-state index in [-0.39, 0.29) is 6.54 Å². The number of nitrogens with zero attached hydrogens (tertiary/aromatic N) is 1. The number of rotatable bonds is 2. The molecule has 1 atom stereocenters. The van der Waals surface area contributed by atoms with E-state index in [9.17, 15) is 8.78 Å². The molecule has 3 heteroatoms. The van der Waals surface area contributed by atoms with Gasteiger partial charge >= 0.3 is 0 Å². The minimum atomic E-state index is -2.28. The summed E-state index contributed by atoms with van der Waals surface area (Å²) in [5, 5.41) is 0. The van der Waals surface area contributed by atoms with Crippen molar-refractivity contribution in [2.24, 2.45) is 0 Å². The Bertz CT molecular complexity index is 197. The highest BCUT2D eigenvalue weighted by Crippen LogP contribution is 2.28. The maximum Gasteiger partial charge on any atom is 0.251 e. The first-order valence-corrected chi connectivity index (χ1v) is 4.09. The molecule has 0 radical (unpaired) electrons. The van der Waals surface area contributed by atoms with E-state index in [1.165, 1.54) is 0 Å². The number of terminal acetylenes is 1. The standard InChI is InChI=1S/C9H13F2N/c1-3-9(2)5-4-6-12(9)7-8(10)11/h1,8H,4-7H2,2H3. The van der Waals surface area contributed by atoms with Gasteiger partial charge in [-0.3, -0.25) is 4.90 Å². The Balaban J connectivity index is 2.59. The van der Waals surface area contributed by atoms with Crippen molar-refractivity contribution < 1.29 is 8.78 Å². The zero-order valence-electron chi connectivity index (χ0n) is 7.19. The van der Waals surface area contributed by atoms with Crippen LogP contribution >= 0.6 is 0 Å². The van der Waals surface area contributed by atoms with Crippen LogP contribution in [0.1, 0.15) is 19.8 Å². The first-order chi connectivity index (χ1) is 5.58. The van der Waals surface area contributed by atoms with Gasteiger partial charge in [0, 0.05) is 0 Å². The zero-order valence-corrected chi connectivity index (χ0v) is 7.19. The molecule has 0 spiro atoms. The van der Waals surface area contributed by atoms with Crippen molar-refractivity contribution in [2.75, 3.05) is 13.1 Å². The molecule has 0 N–H and O–H groups in total. The fourth-order valence-corrected chi connectivity index (χ4v) is 1.64. The molecular weight excluding hydrogens is 160 g/mol. The van der Waals surface area contributed by atoms with Gasteiger partial charge in [-0.25, -0.2) is 8.78 Å². The molecule has 1 fully saturated rings. The third-order valence-corrected chi connectivity index (χ3v) is 2.46. The van der Waals surface area contributed by atoms with Crippen molar-refractivity contribution in [3.63, 3.8) is 0 Å². The van der Waals surface area contributed by atoms with E-state index < -0.39 is 12.0 Å². The van der Waals surface area contributed by atoms with Crippen LogP contribution in [0.3, 0.4) is 0 Å². The largest absolute Gasteiger partial charge is 0.282 e. The average molecular weight is 173 g/mol. The normalized spacial score (nSPS) is 30.9. The summed E-state index contributed by atoms with van der Waals surface area (Å²) in [7, 11) is 0. The minimum Gasteiger partial charge on any atom is -0.282 e. The fourth-order valence-electron chi connectivity index (χ4n) is 1.64. The van der Waals surface area contributed by atoms with Crippen LogP contribution in [0.15, 0.2) is 0 Å². The van der Waals surface area contributed by atoms with Gasteiger partial charge in [0.25, 0.3) is 6.43 Å². The van der Waals surface area contributed by atoms with Crippen molar-refractivity contribution >= 4 is 0 Å².